The van der Waals surface area contributed by atoms with Crippen LogP contribution in [0.5, 0.6) is 0 Å². The third-order valence-electron chi connectivity index (χ3n) is 4.29. The Kier molecular flexibility index (Phi) is 4.80. The molecule has 1 aromatic heterocycles. The molecule has 1 fully saturated rings. The fraction of sp³-hybridized carbons (Fsp3) is 0.444. The molecule has 1 saturated heterocycles. The molecule has 1 aliphatic rings. The highest BCUT2D eigenvalue weighted by Crippen LogP contribution is 2.26. The van der Waals surface area contributed by atoms with E-state index in [-0.39, 0.29) is 5.82 Å². The van der Waals surface area contributed by atoms with Crippen molar-refractivity contribution in [1.29, 1.82) is 0 Å². The maximum absolute atomic E-state index is 13.2. The van der Waals surface area contributed by atoms with Gasteiger partial charge in [-0.25, -0.2) is 4.39 Å². The van der Waals surface area contributed by atoms with Crippen LogP contribution in [0, 0.1) is 12.7 Å². The van der Waals surface area contributed by atoms with Crippen LogP contribution in [0.1, 0.15) is 24.2 Å². The van der Waals surface area contributed by atoms with Gasteiger partial charge < -0.3 is 19.6 Å². The number of rotatable bonds is 5. The van der Waals surface area contributed by atoms with Gasteiger partial charge in [-0.15, -0.1) is 0 Å². The number of aryl methyl sites for hydroxylation is 1. The largest absolute Gasteiger partial charge is 0.460 e. The number of benzene rings is 1. The van der Waals surface area contributed by atoms with E-state index >= 15 is 0 Å². The van der Waals surface area contributed by atoms with E-state index in [1.54, 1.807) is 6.07 Å². The highest BCUT2D eigenvalue weighted by atomic mass is 19.1. The Balaban J connectivity index is 1.59. The van der Waals surface area contributed by atoms with E-state index in [0.29, 0.717) is 39.1 Å². The number of hydrogen-bond acceptors (Lipinski definition) is 4. The Labute approximate surface area is 135 Å². The third-order valence-corrected chi connectivity index (χ3v) is 4.29. The van der Waals surface area contributed by atoms with Crippen LogP contribution in [0.3, 0.4) is 0 Å². The van der Waals surface area contributed by atoms with E-state index in [1.807, 2.05) is 19.1 Å². The first-order chi connectivity index (χ1) is 11.1. The summed E-state index contributed by atoms with van der Waals surface area (Å²) in [5, 5.41) is 13.6. The molecule has 5 heteroatoms. The summed E-state index contributed by atoms with van der Waals surface area (Å²) in [5.74, 6) is 1.27. The molecule has 0 unspecified atom stereocenters. The molecule has 23 heavy (non-hydrogen) atoms. The number of halogens is 1. The Bertz CT molecular complexity index is 662. The van der Waals surface area contributed by atoms with E-state index in [9.17, 15) is 9.50 Å². The Morgan fingerprint density at radius 2 is 2.00 bits per heavy atom. The van der Waals surface area contributed by atoms with E-state index in [1.165, 1.54) is 12.1 Å². The smallest absolute Gasteiger partial charge is 0.134 e. The Morgan fingerprint density at radius 1 is 1.22 bits per heavy atom. The summed E-state index contributed by atoms with van der Waals surface area (Å²) < 4.78 is 24.3. The molecule has 0 amide bonds. The Hall–Kier alpha value is -1.69. The normalized spacial score (nSPS) is 17.3. The minimum atomic E-state index is -0.693. The lowest BCUT2D eigenvalue weighted by Crippen LogP contribution is -2.44. The second kappa shape index (κ2) is 6.83. The average Bonchev–Trinajstić information content (AvgIpc) is 2.96. The van der Waals surface area contributed by atoms with Gasteiger partial charge >= 0.3 is 0 Å². The van der Waals surface area contributed by atoms with Crippen molar-refractivity contribution in [3.05, 3.63) is 47.5 Å². The van der Waals surface area contributed by atoms with Crippen LogP contribution < -0.4 is 5.32 Å². The fourth-order valence-electron chi connectivity index (χ4n) is 2.87. The number of ether oxygens (including phenoxy) is 1. The van der Waals surface area contributed by atoms with Crippen molar-refractivity contribution in [3.8, 4) is 11.3 Å². The molecule has 0 radical (unpaired) electrons. The molecule has 2 N–H and O–H groups in total. The van der Waals surface area contributed by atoms with Gasteiger partial charge in [0.2, 0.25) is 0 Å². The van der Waals surface area contributed by atoms with E-state index in [4.69, 9.17) is 9.15 Å². The molecule has 1 aliphatic heterocycles. The number of aliphatic hydroxyl groups is 1. The van der Waals surface area contributed by atoms with Crippen LogP contribution in [0.4, 0.5) is 4.39 Å². The van der Waals surface area contributed by atoms with Crippen LogP contribution in [-0.2, 0) is 11.3 Å². The molecule has 0 saturated carbocycles. The van der Waals surface area contributed by atoms with Gasteiger partial charge in [-0.2, -0.15) is 0 Å². The summed E-state index contributed by atoms with van der Waals surface area (Å²) in [7, 11) is 0. The molecule has 0 atom stereocenters. The van der Waals surface area contributed by atoms with Crippen molar-refractivity contribution in [2.75, 3.05) is 19.8 Å². The van der Waals surface area contributed by atoms with Crippen LogP contribution in [0.25, 0.3) is 11.3 Å². The van der Waals surface area contributed by atoms with Crippen LogP contribution in [0.2, 0.25) is 0 Å². The first-order valence-corrected chi connectivity index (χ1v) is 7.92. The topological polar surface area (TPSA) is 54.6 Å². The molecular formula is C18H22FNO3. The summed E-state index contributed by atoms with van der Waals surface area (Å²) in [5.41, 5.74) is 1.04. The van der Waals surface area contributed by atoms with Gasteiger partial charge in [0.1, 0.15) is 17.3 Å². The van der Waals surface area contributed by atoms with Gasteiger partial charge in [-0.1, -0.05) is 0 Å². The predicted octanol–water partition coefficient (Wildman–Crippen LogP) is 3.03. The molecule has 4 nitrogen and oxygen atoms in total. The first kappa shape index (κ1) is 16.2. The fourth-order valence-corrected chi connectivity index (χ4v) is 2.87. The predicted molar refractivity (Wildman–Crippen MR) is 85.5 cm³/mol. The molecule has 3 rings (SSSR count). The third kappa shape index (κ3) is 3.99. The molecule has 0 bridgehead atoms. The highest BCUT2D eigenvalue weighted by molar-refractivity contribution is 5.62. The van der Waals surface area contributed by atoms with Crippen LogP contribution >= 0.6 is 0 Å². The van der Waals surface area contributed by atoms with Gasteiger partial charge in [-0.05, 0) is 42.8 Å². The zero-order chi connectivity index (χ0) is 16.3. The molecule has 0 spiro atoms. The maximum atomic E-state index is 13.2. The average molecular weight is 319 g/mol. The summed E-state index contributed by atoms with van der Waals surface area (Å²) in [4.78, 5) is 0. The molecular weight excluding hydrogens is 297 g/mol. The zero-order valence-corrected chi connectivity index (χ0v) is 13.3. The lowest BCUT2D eigenvalue weighted by Gasteiger charge is -2.32. The van der Waals surface area contributed by atoms with E-state index in [0.717, 1.165) is 22.6 Å². The Morgan fingerprint density at radius 3 is 2.74 bits per heavy atom. The maximum Gasteiger partial charge on any atom is 0.134 e. The van der Waals surface area contributed by atoms with Crippen molar-refractivity contribution in [1.82, 2.24) is 5.32 Å². The highest BCUT2D eigenvalue weighted by Gasteiger charge is 2.29. The molecule has 1 aromatic carbocycles. The second-order valence-corrected chi connectivity index (χ2v) is 6.17. The lowest BCUT2D eigenvalue weighted by atomic mass is 9.94. The monoisotopic (exact) mass is 319 g/mol. The number of nitrogens with one attached hydrogen (secondary N) is 1. The van der Waals surface area contributed by atoms with Crippen molar-refractivity contribution in [2.24, 2.45) is 0 Å². The van der Waals surface area contributed by atoms with Gasteiger partial charge in [0.05, 0.1) is 12.1 Å². The molecule has 124 valence electrons. The van der Waals surface area contributed by atoms with Crippen molar-refractivity contribution in [3.63, 3.8) is 0 Å². The lowest BCUT2D eigenvalue weighted by molar-refractivity contribution is -0.0618. The quantitative estimate of drug-likeness (QED) is 0.889. The van der Waals surface area contributed by atoms with Gasteiger partial charge in [-0.3, -0.25) is 0 Å². The summed E-state index contributed by atoms with van der Waals surface area (Å²) in [6, 6.07) is 8.45. The SMILES string of the molecule is Cc1cc(F)ccc1-c1ccc(CNCC2(O)CCOCC2)o1. The van der Waals surface area contributed by atoms with Gasteiger partial charge in [0.25, 0.3) is 0 Å². The van der Waals surface area contributed by atoms with Crippen molar-refractivity contribution < 1.29 is 18.7 Å². The van der Waals surface area contributed by atoms with Gasteiger partial charge in [0.15, 0.2) is 0 Å². The number of hydrogen-bond donors (Lipinski definition) is 2. The van der Waals surface area contributed by atoms with E-state index in [2.05, 4.69) is 5.32 Å². The standard InChI is InChI=1S/C18H22FNO3/c1-13-10-14(19)2-4-16(13)17-5-3-15(23-17)11-20-12-18(21)6-8-22-9-7-18/h2-5,10,20-21H,6-9,11-12H2,1H3. The summed E-state index contributed by atoms with van der Waals surface area (Å²) in [6.07, 6.45) is 1.30. The van der Waals surface area contributed by atoms with Crippen LogP contribution in [0.15, 0.2) is 34.7 Å². The van der Waals surface area contributed by atoms with E-state index < -0.39 is 5.60 Å². The zero-order valence-electron chi connectivity index (χ0n) is 13.3. The number of furan rings is 1. The van der Waals surface area contributed by atoms with Crippen molar-refractivity contribution >= 4 is 0 Å². The van der Waals surface area contributed by atoms with Crippen molar-refractivity contribution in [2.45, 2.75) is 31.9 Å². The molecule has 0 aliphatic carbocycles. The minimum Gasteiger partial charge on any atom is -0.460 e. The molecule has 2 aromatic rings. The molecule has 2 heterocycles. The first-order valence-electron chi connectivity index (χ1n) is 7.92. The summed E-state index contributed by atoms with van der Waals surface area (Å²) in [6.45, 7) is 4.13. The van der Waals surface area contributed by atoms with Gasteiger partial charge in [0, 0.05) is 38.2 Å². The van der Waals surface area contributed by atoms with Crippen LogP contribution in [-0.4, -0.2) is 30.5 Å². The second-order valence-electron chi connectivity index (χ2n) is 6.17. The minimum absolute atomic E-state index is 0.246. The summed E-state index contributed by atoms with van der Waals surface area (Å²) >= 11 is 0.